The van der Waals surface area contributed by atoms with Gasteiger partial charge in [0.15, 0.2) is 31.5 Å². The predicted molar refractivity (Wildman–Crippen MR) is 251 cm³/mol. The van der Waals surface area contributed by atoms with E-state index in [1.54, 1.807) is 0 Å². The maximum Gasteiger partial charge on any atom is 0.407 e. The van der Waals surface area contributed by atoms with Crippen molar-refractivity contribution in [1.29, 1.82) is 0 Å². The zero-order valence-corrected chi connectivity index (χ0v) is 44.1. The summed E-state index contributed by atoms with van der Waals surface area (Å²) in [4.78, 5) is 55.0. The maximum atomic E-state index is 12.7. The standard InChI is InChI=1S/C43H76N3O33P/c1-16(51)45-23-28(56)35(20(13-49)74-38(23)69-4-3-44-43(63)70-8-7-67-5-6-68-9-10-80(64,65)66)77-39-24(46-17(2)52)29(57)36(21(14-50)75-39)78-42-34(62)37(79-41-33(61)31(59)26(54)19(12-48)73-41)27(55)22(76-42)15-71-40-32(60)30(58)25(53)18(11-47)72-40/h18-42,47-50,53-62H,3-15H2,1-2H3,(H,44,63)(H,45,51)(H,46,52)(H2,64,65,66)/t18?,19-,20?,21?,22?,23?,24?,25+,26+,27+,28+,29+,30-,31?,32?,33?,34?,35+,36+,37-,38+,39-,40-,41+,42-/m0/s1. The molecule has 5 saturated heterocycles. The molecule has 5 fully saturated rings. The van der Waals surface area contributed by atoms with E-state index in [1.807, 2.05) is 0 Å². The average molecular weight is 1190 g/mol. The summed E-state index contributed by atoms with van der Waals surface area (Å²) in [6, 6.07) is -3.24. The van der Waals surface area contributed by atoms with Crippen LogP contribution in [0.5, 0.6) is 0 Å². The molecule has 466 valence electrons. The van der Waals surface area contributed by atoms with Gasteiger partial charge in [-0.3, -0.25) is 14.2 Å². The molecule has 37 heteroatoms. The number of hydrogen-bond donors (Lipinski definition) is 19. The van der Waals surface area contributed by atoms with Crippen LogP contribution < -0.4 is 16.0 Å². The van der Waals surface area contributed by atoms with Crippen molar-refractivity contribution in [2.75, 3.05) is 85.4 Å². The van der Waals surface area contributed by atoms with Gasteiger partial charge < -0.3 is 159 Å². The van der Waals surface area contributed by atoms with Crippen molar-refractivity contribution in [1.82, 2.24) is 16.0 Å². The van der Waals surface area contributed by atoms with E-state index in [9.17, 15) is 90.4 Å². The summed E-state index contributed by atoms with van der Waals surface area (Å²) < 4.78 is 83.7. The topological polar surface area (TPSA) is 548 Å². The highest BCUT2D eigenvalue weighted by molar-refractivity contribution is 7.51. The van der Waals surface area contributed by atoms with Crippen LogP contribution in [-0.4, -0.2) is 338 Å². The van der Waals surface area contributed by atoms with Gasteiger partial charge in [-0.1, -0.05) is 0 Å². The first-order valence-corrected chi connectivity index (χ1v) is 27.0. The van der Waals surface area contributed by atoms with Gasteiger partial charge in [0.2, 0.25) is 11.8 Å². The second kappa shape index (κ2) is 32.0. The van der Waals surface area contributed by atoms with Crippen molar-refractivity contribution in [2.24, 2.45) is 0 Å². The second-order valence-corrected chi connectivity index (χ2v) is 20.8. The molecule has 3 amide bonds. The minimum absolute atomic E-state index is 0.0304. The number of amides is 3. The number of nitrogens with one attached hydrogen (secondary N) is 3. The van der Waals surface area contributed by atoms with E-state index >= 15 is 0 Å². The van der Waals surface area contributed by atoms with E-state index in [0.717, 1.165) is 13.8 Å². The molecule has 0 spiro atoms. The van der Waals surface area contributed by atoms with Crippen LogP contribution in [0, 0.1) is 0 Å². The van der Waals surface area contributed by atoms with Gasteiger partial charge in [0.1, 0.15) is 129 Å². The fourth-order valence-electron chi connectivity index (χ4n) is 8.94. The Labute approximate surface area is 455 Å². The van der Waals surface area contributed by atoms with Gasteiger partial charge in [-0.05, 0) is 0 Å². The molecule has 0 aromatic rings. The van der Waals surface area contributed by atoms with Crippen LogP contribution in [-0.2, 0) is 75.7 Å². The summed E-state index contributed by atoms with van der Waals surface area (Å²) in [5.41, 5.74) is 0. The fourth-order valence-corrected chi connectivity index (χ4v) is 9.30. The molecule has 25 atom stereocenters. The van der Waals surface area contributed by atoms with Crippen LogP contribution >= 0.6 is 7.60 Å². The Balaban J connectivity index is 1.27. The van der Waals surface area contributed by atoms with Gasteiger partial charge in [-0.25, -0.2) is 4.79 Å². The third-order valence-corrected chi connectivity index (χ3v) is 13.9. The lowest BCUT2D eigenvalue weighted by Gasteiger charge is -2.50. The minimum atomic E-state index is -4.19. The van der Waals surface area contributed by atoms with Crippen LogP contribution in [0.25, 0.3) is 0 Å². The van der Waals surface area contributed by atoms with Crippen LogP contribution in [0.3, 0.4) is 0 Å². The molecule has 5 aliphatic heterocycles. The normalized spacial score (nSPS) is 40.7. The molecule has 0 aromatic carbocycles. The van der Waals surface area contributed by atoms with Crippen LogP contribution in [0.4, 0.5) is 4.79 Å². The quantitative estimate of drug-likeness (QED) is 0.0255. The fraction of sp³-hybridized carbons (Fsp3) is 0.930. The summed E-state index contributed by atoms with van der Waals surface area (Å²) in [6.45, 7) is -3.39. The largest absolute Gasteiger partial charge is 0.447 e. The molecule has 0 radical (unpaired) electrons. The lowest BCUT2D eigenvalue weighted by molar-refractivity contribution is -0.384. The van der Waals surface area contributed by atoms with Crippen molar-refractivity contribution in [3.8, 4) is 0 Å². The molecule has 0 aliphatic carbocycles. The average Bonchev–Trinajstić information content (AvgIpc) is 3.40. The van der Waals surface area contributed by atoms with Gasteiger partial charge >= 0.3 is 13.7 Å². The van der Waals surface area contributed by atoms with Gasteiger partial charge in [-0.15, -0.1) is 0 Å². The Kier molecular flexibility index (Phi) is 27.2. The predicted octanol–water partition coefficient (Wildman–Crippen LogP) is -11.7. The Morgan fingerprint density at radius 1 is 0.450 bits per heavy atom. The van der Waals surface area contributed by atoms with E-state index in [-0.39, 0.29) is 46.2 Å². The molecular weight excluding hydrogens is 1120 g/mol. The van der Waals surface area contributed by atoms with Gasteiger partial charge in [0, 0.05) is 20.4 Å². The summed E-state index contributed by atoms with van der Waals surface area (Å²) in [6.07, 6.45) is -44.3. The number of ether oxygens (including phenoxy) is 13. The van der Waals surface area contributed by atoms with Crippen molar-refractivity contribution in [2.45, 2.75) is 167 Å². The van der Waals surface area contributed by atoms with E-state index in [0.29, 0.717) is 0 Å². The van der Waals surface area contributed by atoms with Crippen molar-refractivity contribution in [3.63, 3.8) is 0 Å². The molecule has 10 unspecified atom stereocenters. The van der Waals surface area contributed by atoms with E-state index in [4.69, 9.17) is 71.4 Å². The van der Waals surface area contributed by atoms with Gasteiger partial charge in [-0.2, -0.15) is 0 Å². The number of carbonyl (C=O) groups is 3. The van der Waals surface area contributed by atoms with Gasteiger partial charge in [0.05, 0.1) is 72.2 Å². The van der Waals surface area contributed by atoms with Crippen LogP contribution in [0.1, 0.15) is 13.8 Å². The molecule has 5 aliphatic rings. The maximum absolute atomic E-state index is 12.7. The Morgan fingerprint density at radius 3 is 1.43 bits per heavy atom. The number of carbonyl (C=O) groups excluding carboxylic acids is 3. The zero-order valence-electron chi connectivity index (χ0n) is 43.2. The summed E-state index contributed by atoms with van der Waals surface area (Å²) in [5, 5.41) is 158. The third kappa shape index (κ3) is 18.4. The molecule has 36 nitrogen and oxygen atoms in total. The third-order valence-electron chi connectivity index (χ3n) is 13.1. The molecule has 5 heterocycles. The molecule has 0 aromatic heterocycles. The smallest absolute Gasteiger partial charge is 0.407 e. The number of aliphatic hydroxyl groups excluding tert-OH is 14. The van der Waals surface area contributed by atoms with Crippen LogP contribution in [0.15, 0.2) is 0 Å². The first-order chi connectivity index (χ1) is 37.8. The zero-order chi connectivity index (χ0) is 59.2. The number of rotatable bonds is 28. The number of alkyl carbamates (subject to hydrolysis) is 1. The Bertz CT molecular complexity index is 1930. The first kappa shape index (κ1) is 68.1. The molecule has 5 rings (SSSR count). The monoisotopic (exact) mass is 1190 g/mol. The van der Waals surface area contributed by atoms with Gasteiger partial charge in [0.25, 0.3) is 0 Å². The molecular formula is C43H76N3O33P. The van der Waals surface area contributed by atoms with Crippen molar-refractivity contribution < 1.29 is 162 Å². The van der Waals surface area contributed by atoms with Crippen molar-refractivity contribution in [3.05, 3.63) is 0 Å². The minimum Gasteiger partial charge on any atom is -0.447 e. The molecule has 0 bridgehead atoms. The van der Waals surface area contributed by atoms with Crippen molar-refractivity contribution >= 4 is 25.5 Å². The highest BCUT2D eigenvalue weighted by atomic mass is 31.2. The molecule has 80 heavy (non-hydrogen) atoms. The highest BCUT2D eigenvalue weighted by Crippen LogP contribution is 2.36. The lowest BCUT2D eigenvalue weighted by atomic mass is 9.94. The summed E-state index contributed by atoms with van der Waals surface area (Å²) in [5.74, 6) is -1.55. The SMILES string of the molecule is CC(=O)NC1[C@H](OCCNC(=O)OCCOCCOCCP(=O)(O)O)OC(CO)[C@@H](O[C@@H]2OC(CO)[C@@H](O[C@@H]3OC(CO[C@H]4OC(CO)[C@@H](O)[C@H](O)C4O)[C@@H](O)[C@H](O[C@H]4O[C@@H](CO)[C@@H](O)C(O)C4O)C3O)[C@H](O)C2NC(C)=O)[C@@H]1O. The molecule has 19 N–H and O–H groups in total. The number of aliphatic hydroxyl groups is 14. The summed E-state index contributed by atoms with van der Waals surface area (Å²) >= 11 is 0. The molecule has 0 saturated carbocycles. The van der Waals surface area contributed by atoms with E-state index in [1.165, 1.54) is 0 Å². The summed E-state index contributed by atoms with van der Waals surface area (Å²) in [7, 11) is -4.19. The van der Waals surface area contributed by atoms with E-state index < -0.39 is 218 Å². The Hall–Kier alpha value is -2.68. The second-order valence-electron chi connectivity index (χ2n) is 19.0. The first-order valence-electron chi connectivity index (χ1n) is 25.2. The number of hydrogen-bond acceptors (Lipinski definition) is 31. The van der Waals surface area contributed by atoms with Crippen LogP contribution in [0.2, 0.25) is 0 Å². The lowest BCUT2D eigenvalue weighted by Crippen LogP contribution is -2.70. The van der Waals surface area contributed by atoms with E-state index in [2.05, 4.69) is 16.0 Å². The highest BCUT2D eigenvalue weighted by Gasteiger charge is 2.57. The Morgan fingerprint density at radius 2 is 0.887 bits per heavy atom.